The Morgan fingerprint density at radius 1 is 1.21 bits per heavy atom. The molecule has 2 saturated heterocycles. The number of aromatic nitrogens is 4. The Morgan fingerprint density at radius 3 is 2.77 bits per heavy atom. The minimum absolute atomic E-state index is 0.00268. The lowest BCUT2D eigenvalue weighted by atomic mass is 9.86. The number of nitrogen functional groups attached to an aromatic ring is 1. The van der Waals surface area contributed by atoms with Crippen molar-refractivity contribution in [2.24, 2.45) is 5.41 Å². The summed E-state index contributed by atoms with van der Waals surface area (Å²) < 4.78 is 44.6. The van der Waals surface area contributed by atoms with Crippen molar-refractivity contribution < 1.29 is 37.4 Å². The summed E-state index contributed by atoms with van der Waals surface area (Å²) in [6, 6.07) is 0. The van der Waals surface area contributed by atoms with E-state index < -0.39 is 55.8 Å². The first kappa shape index (κ1) is 28.2. The number of nitrogens with two attached hydrogens (primary N) is 1. The Morgan fingerprint density at radius 2 is 2.00 bits per heavy atom. The van der Waals surface area contributed by atoms with Gasteiger partial charge in [-0.15, -0.1) is 0 Å². The molecule has 0 amide bonds. The number of rotatable bonds is 1. The van der Waals surface area contributed by atoms with Crippen molar-refractivity contribution in [1.82, 2.24) is 19.5 Å². The molecule has 4 bridgehead atoms. The number of nitrogens with one attached hydrogen (secondary N) is 1. The van der Waals surface area contributed by atoms with Crippen LogP contribution < -0.4 is 11.3 Å². The molecule has 2 aromatic rings. The zero-order chi connectivity index (χ0) is 27.6. The van der Waals surface area contributed by atoms with Crippen molar-refractivity contribution in [3.63, 3.8) is 0 Å². The zero-order valence-electron chi connectivity index (χ0n) is 20.8. The Labute approximate surface area is 233 Å². The molecule has 5 N–H and O–H groups in total. The fourth-order valence-electron chi connectivity index (χ4n) is 5.89. The third-order valence-electron chi connectivity index (χ3n) is 7.88. The van der Waals surface area contributed by atoms with E-state index in [9.17, 15) is 19.4 Å². The van der Waals surface area contributed by atoms with Gasteiger partial charge in [-0.3, -0.25) is 27.9 Å². The van der Waals surface area contributed by atoms with Crippen LogP contribution in [0, 0.1) is 5.41 Å². The van der Waals surface area contributed by atoms with Crippen molar-refractivity contribution in [3.8, 4) is 0 Å². The first-order valence-electron chi connectivity index (χ1n) is 12.8. The standard InChI is InChI=1S/C21H31N5O9P2S2/c22-20-24-17-14(18(28)25-20)23-10-26(17)19-16-15(27)13(3-7-31-19)34-36(29,38)33-12-8-11(32-37(30,39)35-16)2-1-4-21(9-12)5-6-21/h10-13,15-16,19,27H,1-9H2,(H,29,38)(H,30,39)(H3,22,24,25,28)/t11?,12-,13?,15-,16-,19-,36?,37?/m1/s1. The summed E-state index contributed by atoms with van der Waals surface area (Å²) >= 11 is 9.68. The van der Waals surface area contributed by atoms with Crippen molar-refractivity contribution in [2.45, 2.75) is 88.1 Å². The Hall–Kier alpha value is -0.900. The highest BCUT2D eigenvalue weighted by molar-refractivity contribution is 8.44. The Balaban J connectivity index is 1.38. The summed E-state index contributed by atoms with van der Waals surface area (Å²) in [6.45, 7) is -7.93. The number of H-pyrrole nitrogens is 1. The van der Waals surface area contributed by atoms with Crippen LogP contribution in [0.4, 0.5) is 5.95 Å². The van der Waals surface area contributed by atoms with Gasteiger partial charge < -0.3 is 25.0 Å². The van der Waals surface area contributed by atoms with Crippen LogP contribution in [0.1, 0.15) is 57.6 Å². The third kappa shape index (κ3) is 6.02. The monoisotopic (exact) mass is 623 g/mol. The minimum atomic E-state index is -3.98. The highest BCUT2D eigenvalue weighted by atomic mass is 32.7. The van der Waals surface area contributed by atoms with E-state index >= 15 is 0 Å². The zero-order valence-corrected chi connectivity index (χ0v) is 24.3. The lowest BCUT2D eigenvalue weighted by molar-refractivity contribution is -0.114. The number of thiol groups is 1. The maximum absolute atomic E-state index is 13.5. The van der Waals surface area contributed by atoms with Crippen LogP contribution >= 0.6 is 25.8 Å². The predicted molar refractivity (Wildman–Crippen MR) is 146 cm³/mol. The van der Waals surface area contributed by atoms with E-state index in [2.05, 4.69) is 27.2 Å². The number of anilines is 1. The second-order valence-corrected chi connectivity index (χ2v) is 16.3. The molecule has 18 heteroatoms. The largest absolute Gasteiger partial charge is 0.387 e. The average molecular weight is 624 g/mol. The van der Waals surface area contributed by atoms with E-state index in [0.29, 0.717) is 19.3 Å². The van der Waals surface area contributed by atoms with Crippen LogP contribution in [0.15, 0.2) is 11.1 Å². The minimum Gasteiger partial charge on any atom is -0.387 e. The van der Waals surface area contributed by atoms with Gasteiger partial charge >= 0.3 is 13.5 Å². The molecular formula is C21H31N5O9P2S2. The third-order valence-corrected chi connectivity index (χ3v) is 11.1. The van der Waals surface area contributed by atoms with Crippen molar-refractivity contribution in [1.29, 1.82) is 0 Å². The molecule has 4 fully saturated rings. The predicted octanol–water partition coefficient (Wildman–Crippen LogP) is 2.54. The van der Waals surface area contributed by atoms with Crippen LogP contribution in [0.2, 0.25) is 0 Å². The summed E-state index contributed by atoms with van der Waals surface area (Å²) in [5, 5.41) is 11.5. The van der Waals surface area contributed by atoms with E-state index in [1.54, 1.807) is 0 Å². The number of fused-ring (bicyclic) bond motifs is 5. The molecule has 216 valence electrons. The van der Waals surface area contributed by atoms with Gasteiger partial charge in [0.1, 0.15) is 12.2 Å². The number of ether oxygens (including phenoxy) is 1. The van der Waals surface area contributed by atoms with Crippen LogP contribution in [-0.2, 0) is 39.2 Å². The van der Waals surface area contributed by atoms with E-state index in [1.165, 1.54) is 10.9 Å². The van der Waals surface area contributed by atoms with Crippen LogP contribution in [0.5, 0.6) is 0 Å². The number of aliphatic hydroxyl groups excluding tert-OH is 1. The highest BCUT2D eigenvalue weighted by Gasteiger charge is 2.50. The highest BCUT2D eigenvalue weighted by Crippen LogP contribution is 2.62. The molecule has 1 spiro atoms. The average Bonchev–Trinajstić information content (AvgIpc) is 3.48. The van der Waals surface area contributed by atoms with Gasteiger partial charge in [-0.1, -0.05) is 18.7 Å². The molecule has 6 rings (SSSR count). The topological polar surface area (TPSA) is 193 Å². The molecule has 8 atom stereocenters. The smallest absolute Gasteiger partial charge is 0.386 e. The Bertz CT molecular complexity index is 1400. The van der Waals surface area contributed by atoms with Crippen molar-refractivity contribution >= 4 is 54.7 Å². The summed E-state index contributed by atoms with van der Waals surface area (Å²) in [5.41, 5.74) is 5.38. The van der Waals surface area contributed by atoms with E-state index in [4.69, 9.17) is 40.4 Å². The molecule has 39 heavy (non-hydrogen) atoms. The van der Waals surface area contributed by atoms with Crippen LogP contribution in [0.3, 0.4) is 0 Å². The fraction of sp³-hybridized carbons (Fsp3) is 0.762. The van der Waals surface area contributed by atoms with Gasteiger partial charge in [0, 0.05) is 12.8 Å². The molecule has 4 heterocycles. The maximum Gasteiger partial charge on any atom is 0.386 e. The SMILES string of the molecule is Nc1nc2c(ncn2[C@@H]2OCCC3OP(=O)(S)O[C@@H]4CC(CCCC5(CC5)C4)OP(O)(=S)O[C@@H]2[C@@H]3O)c(=O)[nH]1. The van der Waals surface area contributed by atoms with Crippen molar-refractivity contribution in [2.75, 3.05) is 12.3 Å². The van der Waals surface area contributed by atoms with Crippen LogP contribution in [0.25, 0.3) is 11.2 Å². The van der Waals surface area contributed by atoms with Gasteiger partial charge in [-0.25, -0.2) is 9.55 Å². The van der Waals surface area contributed by atoms with E-state index in [0.717, 1.165) is 25.7 Å². The first-order valence-corrected chi connectivity index (χ1v) is 18.1. The second-order valence-electron chi connectivity index (χ2n) is 10.8. The number of hydrogen-bond acceptors (Lipinski definition) is 12. The number of hydrogen-bond donors (Lipinski definition) is 5. The van der Waals surface area contributed by atoms with Gasteiger partial charge in [-0.05, 0) is 49.3 Å². The first-order chi connectivity index (χ1) is 18.4. The molecule has 0 aromatic carbocycles. The van der Waals surface area contributed by atoms with Crippen molar-refractivity contribution in [3.05, 3.63) is 16.7 Å². The van der Waals surface area contributed by atoms with Gasteiger partial charge in [-0.2, -0.15) is 4.98 Å². The molecule has 4 unspecified atom stereocenters. The Kier molecular flexibility index (Phi) is 7.55. The second kappa shape index (κ2) is 10.4. The molecule has 14 nitrogen and oxygen atoms in total. The van der Waals surface area contributed by atoms with Gasteiger partial charge in [0.2, 0.25) is 5.95 Å². The molecule has 2 aliphatic carbocycles. The summed E-state index contributed by atoms with van der Waals surface area (Å²) in [6.07, 6.45) is 0.662. The summed E-state index contributed by atoms with van der Waals surface area (Å²) in [5.74, 6) is -0.153. The lowest BCUT2D eigenvalue weighted by Crippen LogP contribution is -2.43. The summed E-state index contributed by atoms with van der Waals surface area (Å²) in [4.78, 5) is 34.2. The molecule has 2 aliphatic heterocycles. The molecule has 2 saturated carbocycles. The van der Waals surface area contributed by atoms with E-state index in [-0.39, 0.29) is 35.6 Å². The number of nitrogens with zero attached hydrogens (tertiary/aromatic N) is 3. The molecule has 2 aromatic heterocycles. The number of imidazole rings is 1. The lowest BCUT2D eigenvalue weighted by Gasteiger charge is -2.38. The number of aromatic amines is 1. The molecule has 0 radical (unpaired) electrons. The summed E-state index contributed by atoms with van der Waals surface area (Å²) in [7, 11) is 0. The molecule has 4 aliphatic rings. The normalized spacial score (nSPS) is 41.1. The number of aliphatic hydroxyl groups is 1. The van der Waals surface area contributed by atoms with Gasteiger partial charge in [0.05, 0.1) is 31.2 Å². The van der Waals surface area contributed by atoms with Crippen LogP contribution in [-0.4, -0.2) is 66.6 Å². The van der Waals surface area contributed by atoms with Gasteiger partial charge in [0.15, 0.2) is 17.4 Å². The molecular weight excluding hydrogens is 592 g/mol. The quantitative estimate of drug-likeness (QED) is 0.230. The van der Waals surface area contributed by atoms with E-state index in [1.807, 2.05) is 0 Å². The fourth-order valence-corrected chi connectivity index (χ4v) is 9.63. The van der Waals surface area contributed by atoms with Gasteiger partial charge in [0.25, 0.3) is 5.56 Å². The maximum atomic E-state index is 13.5.